The van der Waals surface area contributed by atoms with Gasteiger partial charge in [-0.1, -0.05) is 13.8 Å². The van der Waals surface area contributed by atoms with Crippen LogP contribution in [-0.2, 0) is 24.8 Å². The van der Waals surface area contributed by atoms with E-state index < -0.39 is 89.3 Å². The number of carboxylic acid groups (broad SMARTS) is 1. The van der Waals surface area contributed by atoms with Crippen LogP contribution in [0.4, 0.5) is 51.9 Å². The molecule has 0 amide bonds. The minimum atomic E-state index is -3.90. The van der Waals surface area contributed by atoms with Crippen molar-refractivity contribution in [2.24, 2.45) is 0 Å². The van der Waals surface area contributed by atoms with Crippen LogP contribution in [0.25, 0.3) is 22.1 Å². The van der Waals surface area contributed by atoms with Crippen LogP contribution in [0.5, 0.6) is 0 Å². The summed E-state index contributed by atoms with van der Waals surface area (Å²) in [7, 11) is -6.53. The Balaban J connectivity index is 0.000000214. The number of carbonyl (C=O) groups excluding carboxylic acids is 3. The van der Waals surface area contributed by atoms with Gasteiger partial charge in [0.15, 0.2) is 11.6 Å². The molecule has 4 heterocycles. The number of aromatic amines is 2. The Hall–Kier alpha value is -8.78. The number of hydrogen-bond donors (Lipinski definition) is 7. The van der Waals surface area contributed by atoms with Crippen molar-refractivity contribution in [1.82, 2.24) is 29.9 Å². The van der Waals surface area contributed by atoms with Crippen LogP contribution in [0.15, 0.2) is 97.8 Å². The number of nitrogens with one attached hydrogen (secondary N) is 6. The lowest BCUT2D eigenvalue weighted by Crippen LogP contribution is -2.18. The molecular formula is C47H40F4N10O10S2. The summed E-state index contributed by atoms with van der Waals surface area (Å²) in [4.78, 5) is 71.3. The van der Waals surface area contributed by atoms with Crippen molar-refractivity contribution in [2.45, 2.75) is 26.7 Å². The molecule has 0 aliphatic carbocycles. The molecule has 0 aliphatic heterocycles. The summed E-state index contributed by atoms with van der Waals surface area (Å²) in [5, 5.41) is 15.3. The number of rotatable bonds is 18. The van der Waals surface area contributed by atoms with E-state index in [1.54, 1.807) is 26.0 Å². The number of benzene rings is 4. The number of anilines is 6. The van der Waals surface area contributed by atoms with Gasteiger partial charge in [-0.15, -0.1) is 0 Å². The van der Waals surface area contributed by atoms with E-state index in [9.17, 15) is 44.8 Å². The number of hydrogen-bond acceptors (Lipinski definition) is 15. The Bertz CT molecular complexity index is 3670. The number of carboxylic acids is 1. The first kappa shape index (κ1) is 52.1. The predicted octanol–water partition coefficient (Wildman–Crippen LogP) is 8.21. The molecule has 0 aliphatic rings. The third-order valence-electron chi connectivity index (χ3n) is 10.5. The third kappa shape index (κ3) is 11.6. The molecule has 0 bridgehead atoms. The molecule has 0 atom stereocenters. The second kappa shape index (κ2) is 21.7. The van der Waals surface area contributed by atoms with Gasteiger partial charge in [0.1, 0.15) is 47.2 Å². The fourth-order valence-corrected chi connectivity index (χ4v) is 9.44. The van der Waals surface area contributed by atoms with E-state index in [4.69, 9.17) is 5.11 Å². The van der Waals surface area contributed by atoms with Crippen LogP contribution in [0.2, 0.25) is 0 Å². The van der Waals surface area contributed by atoms with Gasteiger partial charge in [0.2, 0.25) is 31.6 Å². The van der Waals surface area contributed by atoms with Gasteiger partial charge in [-0.25, -0.2) is 63.9 Å². The van der Waals surface area contributed by atoms with E-state index in [0.29, 0.717) is 16.9 Å². The van der Waals surface area contributed by atoms with Gasteiger partial charge in [0.05, 0.1) is 74.1 Å². The van der Waals surface area contributed by atoms with Crippen LogP contribution in [0.3, 0.4) is 0 Å². The van der Waals surface area contributed by atoms with Gasteiger partial charge in [-0.2, -0.15) is 0 Å². The zero-order valence-corrected chi connectivity index (χ0v) is 39.9. The zero-order valence-electron chi connectivity index (χ0n) is 38.3. The van der Waals surface area contributed by atoms with Gasteiger partial charge >= 0.3 is 11.9 Å². The fourth-order valence-electron chi connectivity index (χ4n) is 7.17. The molecule has 0 radical (unpaired) electrons. The topological polar surface area (TPSA) is 297 Å². The van der Waals surface area contributed by atoms with Crippen molar-refractivity contribution in [3.8, 4) is 0 Å². The van der Waals surface area contributed by atoms with E-state index in [0.717, 1.165) is 24.3 Å². The maximum atomic E-state index is 15.2. The van der Waals surface area contributed by atoms with Crippen LogP contribution >= 0.6 is 0 Å². The van der Waals surface area contributed by atoms with E-state index >= 15 is 8.78 Å². The molecule has 0 fully saturated rings. The zero-order chi connectivity index (χ0) is 52.8. The van der Waals surface area contributed by atoms with Crippen LogP contribution < -0.4 is 20.1 Å². The molecule has 4 aromatic heterocycles. The molecule has 73 heavy (non-hydrogen) atoms. The lowest BCUT2D eigenvalue weighted by atomic mass is 10.0. The second-order valence-corrected chi connectivity index (χ2v) is 19.2. The number of H-pyrrole nitrogens is 2. The number of sulfonamides is 2. The van der Waals surface area contributed by atoms with Crippen molar-refractivity contribution in [3.63, 3.8) is 0 Å². The van der Waals surface area contributed by atoms with Crippen molar-refractivity contribution < 1.29 is 63.4 Å². The monoisotopic (exact) mass is 1040 g/mol. The van der Waals surface area contributed by atoms with Gasteiger partial charge < -0.3 is 30.4 Å². The van der Waals surface area contributed by atoms with Gasteiger partial charge in [-0.05, 0) is 85.6 Å². The molecule has 8 rings (SSSR count). The van der Waals surface area contributed by atoms with Gasteiger partial charge in [0, 0.05) is 23.8 Å². The Kier molecular flexibility index (Phi) is 15.5. The summed E-state index contributed by atoms with van der Waals surface area (Å²) >= 11 is 0. The molecule has 0 spiro atoms. The number of carbonyl (C=O) groups is 4. The first-order valence-electron chi connectivity index (χ1n) is 21.5. The van der Waals surface area contributed by atoms with E-state index in [-0.39, 0.29) is 74.7 Å². The van der Waals surface area contributed by atoms with Crippen molar-refractivity contribution in [3.05, 3.63) is 154 Å². The lowest BCUT2D eigenvalue weighted by molar-refractivity contribution is 0.0599. The fraction of sp³-hybridized carbons (Fsp3) is 0.149. The summed E-state index contributed by atoms with van der Waals surface area (Å²) in [5.41, 5.74) is -1.57. The molecule has 7 N–H and O–H groups in total. The summed E-state index contributed by atoms with van der Waals surface area (Å²) in [6, 6.07) is 15.3. The van der Waals surface area contributed by atoms with E-state index in [1.807, 2.05) is 4.72 Å². The SMILES string of the molecule is CCCS(=O)(=O)Nc1ccc(F)c(C(=O)c2c[nH]c3ncnc(Nc4ccc(C(=O)O)cc4)c23)c1F.CCCS(=O)(=O)Nc1ccc(F)c(C(=O)c2c[nH]c3ncnc(Nc4ccc(C(=O)OC)cc4)c23)c1F. The summed E-state index contributed by atoms with van der Waals surface area (Å²) in [6.07, 6.45) is 5.43. The smallest absolute Gasteiger partial charge is 0.337 e. The first-order chi connectivity index (χ1) is 34.8. The van der Waals surface area contributed by atoms with Gasteiger partial charge in [0.25, 0.3) is 0 Å². The van der Waals surface area contributed by atoms with Crippen LogP contribution in [-0.4, -0.2) is 94.0 Å². The Morgan fingerprint density at radius 1 is 0.589 bits per heavy atom. The maximum absolute atomic E-state index is 15.2. The number of nitrogens with zero attached hydrogens (tertiary/aromatic N) is 4. The Morgan fingerprint density at radius 3 is 1.36 bits per heavy atom. The summed E-state index contributed by atoms with van der Waals surface area (Å²) in [5.74, 6) is -9.06. The normalized spacial score (nSPS) is 11.4. The molecule has 26 heteroatoms. The quantitative estimate of drug-likeness (QED) is 0.0242. The van der Waals surface area contributed by atoms with Gasteiger partial charge in [-0.3, -0.25) is 19.0 Å². The van der Waals surface area contributed by atoms with E-state index in [2.05, 4.69) is 50.0 Å². The van der Waals surface area contributed by atoms with Crippen LogP contribution in [0, 0.1) is 23.3 Å². The van der Waals surface area contributed by atoms with Crippen molar-refractivity contribution >= 4 is 100 Å². The third-order valence-corrected chi connectivity index (χ3v) is 13.5. The lowest BCUT2D eigenvalue weighted by Gasteiger charge is -2.12. The number of aromatic carboxylic acids is 1. The first-order valence-corrected chi connectivity index (χ1v) is 24.8. The highest BCUT2D eigenvalue weighted by Gasteiger charge is 2.29. The van der Waals surface area contributed by atoms with Crippen molar-refractivity contribution in [2.75, 3.05) is 38.7 Å². The number of halogens is 4. The summed E-state index contributed by atoms with van der Waals surface area (Å²) in [6.45, 7) is 3.26. The maximum Gasteiger partial charge on any atom is 0.337 e. The highest BCUT2D eigenvalue weighted by molar-refractivity contribution is 7.92. The average molecular weight is 1050 g/mol. The number of aromatic nitrogens is 6. The molecular weight excluding hydrogens is 1000 g/mol. The number of esters is 1. The minimum absolute atomic E-state index is 0.0614. The van der Waals surface area contributed by atoms with E-state index in [1.165, 1.54) is 68.6 Å². The summed E-state index contributed by atoms with van der Waals surface area (Å²) < 4.78 is 117. The largest absolute Gasteiger partial charge is 0.478 e. The Morgan fingerprint density at radius 2 is 0.986 bits per heavy atom. The molecule has 8 aromatic rings. The molecule has 20 nitrogen and oxygen atoms in total. The highest BCUT2D eigenvalue weighted by atomic mass is 32.2. The average Bonchev–Trinajstić information content (AvgIpc) is 4.00. The number of ketones is 2. The standard InChI is InChI=1S/C24H21F2N5O5S.C23H19F2N5O5S/c1-3-10-37(34,35)31-17-9-8-16(25)19(20(17)26)21(32)15-11-27-22-18(15)23(29-12-28-22)30-14-6-4-13(5-7-14)24(33)36-2;1-2-9-36(34,35)30-16-8-7-15(24)18(19(16)25)20(31)14-10-26-21-17(14)22(28-11-27-21)29-13-5-3-12(4-6-13)23(32)33/h4-9,11-12,31H,3,10H2,1-2H3,(H2,27,28,29,30);3-8,10-11,30H,2,9H2,1H3,(H,32,33)(H2,26,27,28,29). The minimum Gasteiger partial charge on any atom is -0.478 e. The molecule has 0 saturated carbocycles. The number of fused-ring (bicyclic) bond motifs is 2. The molecule has 0 unspecified atom stereocenters. The van der Waals surface area contributed by atoms with Crippen molar-refractivity contribution in [1.29, 1.82) is 0 Å². The predicted molar refractivity (Wildman–Crippen MR) is 261 cm³/mol. The van der Waals surface area contributed by atoms with Crippen LogP contribution in [0.1, 0.15) is 79.2 Å². The Labute approximate surface area is 411 Å². The number of methoxy groups -OCH3 is 1. The molecule has 4 aromatic carbocycles. The molecule has 378 valence electrons. The highest BCUT2D eigenvalue weighted by Crippen LogP contribution is 2.33. The molecule has 0 saturated heterocycles. The number of ether oxygens (including phenoxy) is 1. The second-order valence-electron chi connectivity index (χ2n) is 15.6.